The fraction of sp³-hybridized carbons (Fsp3) is 0.0769. The molecule has 0 aliphatic heterocycles. The average molecular weight is 265 g/mol. The van der Waals surface area contributed by atoms with Crippen LogP contribution in [0.3, 0.4) is 0 Å². The van der Waals surface area contributed by atoms with Crippen molar-refractivity contribution in [2.24, 2.45) is 0 Å². The van der Waals surface area contributed by atoms with E-state index in [9.17, 15) is 9.18 Å². The number of carbonyl (C=O) groups is 1. The van der Waals surface area contributed by atoms with Gasteiger partial charge < -0.3 is 5.32 Å². The number of pyridine rings is 1. The number of aromatic nitrogens is 1. The third kappa shape index (κ3) is 2.65. The van der Waals surface area contributed by atoms with Crippen LogP contribution < -0.4 is 5.32 Å². The number of nitrogens with one attached hydrogen (secondary N) is 1. The zero-order valence-electron chi connectivity index (χ0n) is 9.58. The lowest BCUT2D eigenvalue weighted by atomic mass is 10.2. The van der Waals surface area contributed by atoms with Crippen molar-refractivity contribution in [3.05, 3.63) is 58.6 Å². The van der Waals surface area contributed by atoms with Crippen LogP contribution in [0, 0.1) is 12.7 Å². The molecule has 18 heavy (non-hydrogen) atoms. The van der Waals surface area contributed by atoms with E-state index in [1.54, 1.807) is 13.0 Å². The highest BCUT2D eigenvalue weighted by Crippen LogP contribution is 2.18. The van der Waals surface area contributed by atoms with Crippen molar-refractivity contribution in [1.82, 2.24) is 4.98 Å². The first-order valence-corrected chi connectivity index (χ1v) is 5.63. The van der Waals surface area contributed by atoms with Gasteiger partial charge in [0.15, 0.2) is 0 Å². The summed E-state index contributed by atoms with van der Waals surface area (Å²) in [6, 6.07) is 5.88. The van der Waals surface area contributed by atoms with Crippen molar-refractivity contribution < 1.29 is 9.18 Å². The summed E-state index contributed by atoms with van der Waals surface area (Å²) in [6.45, 7) is 1.63. The quantitative estimate of drug-likeness (QED) is 0.903. The summed E-state index contributed by atoms with van der Waals surface area (Å²) in [6.07, 6.45) is 2.88. The van der Waals surface area contributed by atoms with Gasteiger partial charge >= 0.3 is 0 Å². The number of aryl methyl sites for hydroxylation is 1. The molecule has 1 aromatic heterocycles. The molecule has 1 aromatic carbocycles. The molecular weight excluding hydrogens is 255 g/mol. The molecule has 0 radical (unpaired) electrons. The number of anilines is 1. The van der Waals surface area contributed by atoms with E-state index < -0.39 is 0 Å². The predicted molar refractivity (Wildman–Crippen MR) is 68.3 cm³/mol. The predicted octanol–water partition coefficient (Wildman–Crippen LogP) is 3.43. The molecule has 3 nitrogen and oxygen atoms in total. The summed E-state index contributed by atoms with van der Waals surface area (Å²) in [5, 5.41) is 2.96. The van der Waals surface area contributed by atoms with Crippen LogP contribution >= 0.6 is 11.6 Å². The Labute approximate surface area is 109 Å². The Morgan fingerprint density at radius 1 is 1.39 bits per heavy atom. The normalized spacial score (nSPS) is 10.2. The second kappa shape index (κ2) is 5.14. The lowest BCUT2D eigenvalue weighted by molar-refractivity contribution is 0.102. The lowest BCUT2D eigenvalue weighted by Crippen LogP contribution is -2.12. The highest BCUT2D eigenvalue weighted by Gasteiger charge is 2.10. The fourth-order valence-electron chi connectivity index (χ4n) is 1.47. The van der Waals surface area contributed by atoms with Gasteiger partial charge in [0.2, 0.25) is 0 Å². The van der Waals surface area contributed by atoms with E-state index in [0.717, 1.165) is 0 Å². The van der Waals surface area contributed by atoms with Gasteiger partial charge in [0.25, 0.3) is 5.91 Å². The van der Waals surface area contributed by atoms with Crippen LogP contribution in [0.25, 0.3) is 0 Å². The number of nitrogens with zero attached hydrogens (tertiary/aromatic N) is 1. The smallest absolute Gasteiger partial charge is 0.258 e. The number of amides is 1. The van der Waals surface area contributed by atoms with Crippen molar-refractivity contribution >= 4 is 23.2 Å². The molecule has 0 aliphatic rings. The summed E-state index contributed by atoms with van der Waals surface area (Å²) in [5.41, 5.74) is 1.25. The molecule has 0 spiro atoms. The Morgan fingerprint density at radius 3 is 2.83 bits per heavy atom. The van der Waals surface area contributed by atoms with Crippen LogP contribution in [0.2, 0.25) is 5.02 Å². The van der Waals surface area contributed by atoms with E-state index in [2.05, 4.69) is 10.3 Å². The van der Waals surface area contributed by atoms with Crippen LogP contribution in [0.4, 0.5) is 10.1 Å². The molecule has 0 unspecified atom stereocenters. The van der Waals surface area contributed by atoms with Crippen LogP contribution in [0.5, 0.6) is 0 Å². The van der Waals surface area contributed by atoms with Crippen LogP contribution in [-0.4, -0.2) is 10.9 Å². The minimum atomic E-state index is -0.376. The van der Waals surface area contributed by atoms with Crippen LogP contribution in [-0.2, 0) is 0 Å². The fourth-order valence-corrected chi connectivity index (χ4v) is 1.66. The van der Waals surface area contributed by atoms with Gasteiger partial charge in [-0.1, -0.05) is 11.6 Å². The number of carbonyl (C=O) groups excluding carboxylic acids is 1. The SMILES string of the molecule is Cc1cc(NC(=O)c2cnccc2Cl)ccc1F. The monoisotopic (exact) mass is 264 g/mol. The largest absolute Gasteiger partial charge is 0.322 e. The maximum absolute atomic E-state index is 13.1. The summed E-state index contributed by atoms with van der Waals surface area (Å²) in [7, 11) is 0. The van der Waals surface area contributed by atoms with E-state index in [-0.39, 0.29) is 17.3 Å². The maximum Gasteiger partial charge on any atom is 0.258 e. The summed E-state index contributed by atoms with van der Waals surface area (Å²) >= 11 is 5.88. The lowest BCUT2D eigenvalue weighted by Gasteiger charge is -2.07. The molecule has 0 bridgehead atoms. The Kier molecular flexibility index (Phi) is 3.58. The van der Waals surface area contributed by atoms with E-state index in [0.29, 0.717) is 16.3 Å². The molecule has 0 atom stereocenters. The first kappa shape index (κ1) is 12.5. The number of hydrogen-bond donors (Lipinski definition) is 1. The molecule has 1 heterocycles. The Morgan fingerprint density at radius 2 is 2.17 bits per heavy atom. The highest BCUT2D eigenvalue weighted by molar-refractivity contribution is 6.34. The Bertz CT molecular complexity index is 601. The molecular formula is C13H10ClFN2O. The highest BCUT2D eigenvalue weighted by atomic mass is 35.5. The summed E-state index contributed by atoms with van der Waals surface area (Å²) in [5.74, 6) is -0.688. The van der Waals surface area contributed by atoms with E-state index >= 15 is 0 Å². The molecule has 0 aliphatic carbocycles. The van der Waals surface area contributed by atoms with Crippen molar-refractivity contribution in [3.8, 4) is 0 Å². The van der Waals surface area contributed by atoms with Gasteiger partial charge in [0.1, 0.15) is 5.82 Å². The van der Waals surface area contributed by atoms with Crippen molar-refractivity contribution in [3.63, 3.8) is 0 Å². The molecule has 2 rings (SSSR count). The van der Waals surface area contributed by atoms with Gasteiger partial charge in [0, 0.05) is 18.1 Å². The van der Waals surface area contributed by atoms with Crippen molar-refractivity contribution in [2.45, 2.75) is 6.92 Å². The van der Waals surface area contributed by atoms with Gasteiger partial charge in [-0.15, -0.1) is 0 Å². The molecule has 0 saturated carbocycles. The third-order valence-corrected chi connectivity index (χ3v) is 2.76. The number of benzene rings is 1. The maximum atomic E-state index is 13.1. The summed E-state index contributed by atoms with van der Waals surface area (Å²) < 4.78 is 13.1. The van der Waals surface area contributed by atoms with E-state index in [4.69, 9.17) is 11.6 Å². The molecule has 92 valence electrons. The average Bonchev–Trinajstić information content (AvgIpc) is 2.34. The number of rotatable bonds is 2. The van der Waals surface area contributed by atoms with Gasteiger partial charge in [0.05, 0.1) is 10.6 Å². The third-order valence-electron chi connectivity index (χ3n) is 2.43. The molecule has 2 aromatic rings. The molecule has 0 saturated heterocycles. The zero-order chi connectivity index (χ0) is 13.1. The van der Waals surface area contributed by atoms with Crippen LogP contribution in [0.15, 0.2) is 36.7 Å². The van der Waals surface area contributed by atoms with Crippen molar-refractivity contribution in [1.29, 1.82) is 0 Å². The second-order valence-electron chi connectivity index (χ2n) is 3.77. The van der Waals surface area contributed by atoms with E-state index in [1.807, 2.05) is 0 Å². The van der Waals surface area contributed by atoms with Gasteiger partial charge in [-0.2, -0.15) is 0 Å². The molecule has 1 amide bonds. The Balaban J connectivity index is 2.22. The minimum Gasteiger partial charge on any atom is -0.322 e. The standard InChI is InChI=1S/C13H10ClFN2O/c1-8-6-9(2-3-12(8)15)17-13(18)10-7-16-5-4-11(10)14/h2-7H,1H3,(H,17,18). The molecule has 1 N–H and O–H groups in total. The molecule has 5 heteroatoms. The van der Waals surface area contributed by atoms with Gasteiger partial charge in [-0.05, 0) is 36.8 Å². The first-order valence-electron chi connectivity index (χ1n) is 5.25. The zero-order valence-corrected chi connectivity index (χ0v) is 10.3. The van der Waals surface area contributed by atoms with Crippen molar-refractivity contribution in [2.75, 3.05) is 5.32 Å². The van der Waals surface area contributed by atoms with Crippen LogP contribution in [0.1, 0.15) is 15.9 Å². The first-order chi connectivity index (χ1) is 8.58. The summed E-state index contributed by atoms with van der Waals surface area (Å²) in [4.78, 5) is 15.7. The van der Waals surface area contributed by atoms with Gasteiger partial charge in [-0.25, -0.2) is 4.39 Å². The number of hydrogen-bond acceptors (Lipinski definition) is 2. The number of halogens is 2. The minimum absolute atomic E-state index is 0.279. The second-order valence-corrected chi connectivity index (χ2v) is 4.18. The van der Waals surface area contributed by atoms with Gasteiger partial charge in [-0.3, -0.25) is 9.78 Å². The van der Waals surface area contributed by atoms with E-state index in [1.165, 1.54) is 30.6 Å². The molecule has 0 fully saturated rings. The Hall–Kier alpha value is -1.94. The topological polar surface area (TPSA) is 42.0 Å².